The fourth-order valence-electron chi connectivity index (χ4n) is 6.46. The van der Waals surface area contributed by atoms with Crippen LogP contribution in [0.5, 0.6) is 0 Å². The minimum Gasteiger partial charge on any atom is -0.354 e. The molecule has 0 aliphatic carbocycles. The number of aromatic amines is 1. The number of H-pyrrole nitrogens is 1. The lowest BCUT2D eigenvalue weighted by atomic mass is 10.0. The van der Waals surface area contributed by atoms with Crippen molar-refractivity contribution in [2.75, 3.05) is 0 Å². The Morgan fingerprint density at radius 2 is 1.17 bits per heavy atom. The van der Waals surface area contributed by atoms with E-state index < -0.39 is 0 Å². The molecule has 3 nitrogen and oxygen atoms in total. The molecule has 0 saturated heterocycles. The lowest BCUT2D eigenvalue weighted by Gasteiger charge is -2.09. The normalized spacial score (nSPS) is 12.6. The number of nitrogens with zero attached hydrogens (tertiary/aromatic N) is 2. The molecule has 4 heterocycles. The summed E-state index contributed by atoms with van der Waals surface area (Å²) < 4.78 is 4.95. The number of hydrogen-bond donors (Lipinski definition) is 1. The number of hydrogen-bond acceptors (Lipinski definition) is 0. The summed E-state index contributed by atoms with van der Waals surface area (Å²) in [6.07, 6.45) is 0. The van der Waals surface area contributed by atoms with Crippen LogP contribution in [0, 0.1) is 0 Å². The van der Waals surface area contributed by atoms with E-state index in [9.17, 15) is 0 Å². The average Bonchev–Trinajstić information content (AvgIpc) is 3.53. The maximum atomic E-state index is 3.70. The first-order valence-corrected chi connectivity index (χ1v) is 12.1. The van der Waals surface area contributed by atoms with Crippen LogP contribution in [0.2, 0.25) is 0 Å². The number of benzene rings is 5. The van der Waals surface area contributed by atoms with E-state index in [2.05, 4.69) is 123 Å². The summed E-state index contributed by atoms with van der Waals surface area (Å²) in [7, 11) is 0. The Morgan fingerprint density at radius 3 is 2.06 bits per heavy atom. The Balaban J connectivity index is 1.75. The molecule has 0 radical (unpaired) electrons. The van der Waals surface area contributed by atoms with Crippen molar-refractivity contribution in [3.05, 3.63) is 109 Å². The molecule has 0 bridgehead atoms. The van der Waals surface area contributed by atoms with Gasteiger partial charge in [0.2, 0.25) is 0 Å². The number of aromatic nitrogens is 3. The Hall–Kier alpha value is -4.76. The zero-order valence-corrected chi connectivity index (χ0v) is 18.8. The second kappa shape index (κ2) is 6.02. The van der Waals surface area contributed by atoms with E-state index in [0.29, 0.717) is 0 Å². The molecule has 9 aromatic rings. The van der Waals surface area contributed by atoms with Crippen molar-refractivity contribution < 1.29 is 0 Å². The molecule has 0 aliphatic rings. The number of para-hydroxylation sites is 3. The zero-order valence-electron chi connectivity index (χ0n) is 18.8. The first-order chi connectivity index (χ1) is 17.4. The van der Waals surface area contributed by atoms with Gasteiger partial charge in [0, 0.05) is 49.0 Å². The minimum absolute atomic E-state index is 1.17. The molecule has 1 N–H and O–H groups in total. The highest BCUT2D eigenvalue weighted by molar-refractivity contribution is 6.34. The predicted molar refractivity (Wildman–Crippen MR) is 147 cm³/mol. The smallest absolute Gasteiger partial charge is 0.131 e. The monoisotopic (exact) mass is 445 g/mol. The second-order valence-electron chi connectivity index (χ2n) is 9.48. The van der Waals surface area contributed by atoms with Gasteiger partial charge in [0.1, 0.15) is 5.65 Å². The molecule has 162 valence electrons. The fourth-order valence-corrected chi connectivity index (χ4v) is 6.46. The summed E-state index contributed by atoms with van der Waals surface area (Å²) in [5.41, 5.74) is 8.50. The first kappa shape index (κ1) is 17.7. The average molecular weight is 446 g/mol. The molecular formula is C32H19N3. The van der Waals surface area contributed by atoms with Gasteiger partial charge >= 0.3 is 0 Å². The van der Waals surface area contributed by atoms with Crippen LogP contribution in [0.3, 0.4) is 0 Å². The van der Waals surface area contributed by atoms with Crippen LogP contribution in [0.25, 0.3) is 76.6 Å². The van der Waals surface area contributed by atoms with Gasteiger partial charge in [-0.1, -0.05) is 66.7 Å². The van der Waals surface area contributed by atoms with Gasteiger partial charge in [0.25, 0.3) is 0 Å². The van der Waals surface area contributed by atoms with Crippen LogP contribution in [-0.2, 0) is 0 Å². The van der Waals surface area contributed by atoms with Gasteiger partial charge in [0.05, 0.1) is 16.6 Å². The highest BCUT2D eigenvalue weighted by Gasteiger charge is 2.24. The van der Waals surface area contributed by atoms with Gasteiger partial charge in [-0.05, 0) is 47.9 Å². The van der Waals surface area contributed by atoms with Gasteiger partial charge < -0.3 is 4.98 Å². The highest BCUT2D eigenvalue weighted by atomic mass is 15.1. The molecule has 0 atom stereocenters. The Bertz CT molecular complexity index is 2260. The number of rotatable bonds is 1. The molecule has 0 saturated carbocycles. The number of fused-ring (bicyclic) bond motifs is 8. The third kappa shape index (κ3) is 2.00. The van der Waals surface area contributed by atoms with E-state index in [4.69, 9.17) is 0 Å². The zero-order chi connectivity index (χ0) is 22.7. The van der Waals surface area contributed by atoms with E-state index in [-0.39, 0.29) is 0 Å². The minimum atomic E-state index is 1.17. The van der Waals surface area contributed by atoms with Gasteiger partial charge in [-0.25, -0.2) is 0 Å². The summed E-state index contributed by atoms with van der Waals surface area (Å²) in [5, 5.41) is 9.07. The molecule has 4 aromatic heterocycles. The predicted octanol–water partition coefficient (Wildman–Crippen LogP) is 8.42. The van der Waals surface area contributed by atoms with E-state index in [1.165, 1.54) is 76.6 Å². The maximum Gasteiger partial charge on any atom is 0.131 e. The van der Waals surface area contributed by atoms with E-state index >= 15 is 0 Å². The van der Waals surface area contributed by atoms with Crippen molar-refractivity contribution in [1.29, 1.82) is 0 Å². The maximum absolute atomic E-state index is 3.70. The van der Waals surface area contributed by atoms with Crippen LogP contribution in [-0.4, -0.2) is 14.0 Å². The van der Waals surface area contributed by atoms with Crippen molar-refractivity contribution >= 4 is 70.9 Å². The number of nitrogens with one attached hydrogen (secondary N) is 1. The van der Waals surface area contributed by atoms with Crippen LogP contribution < -0.4 is 0 Å². The summed E-state index contributed by atoms with van der Waals surface area (Å²) in [4.78, 5) is 3.70. The lowest BCUT2D eigenvalue weighted by Crippen LogP contribution is -1.97. The third-order valence-electron chi connectivity index (χ3n) is 7.77. The van der Waals surface area contributed by atoms with E-state index in [1.807, 2.05) is 0 Å². The molecule has 5 aromatic carbocycles. The van der Waals surface area contributed by atoms with Crippen molar-refractivity contribution in [2.45, 2.75) is 0 Å². The van der Waals surface area contributed by atoms with Crippen LogP contribution >= 0.6 is 0 Å². The van der Waals surface area contributed by atoms with Crippen LogP contribution in [0.15, 0.2) is 109 Å². The SMILES string of the molecule is c1ccc(-n2c3ccccc3c3c4ccc5[nH]c6cccc7c8ccccc8n(c4c5c67)c32)cc1. The van der Waals surface area contributed by atoms with Crippen molar-refractivity contribution in [3.8, 4) is 5.69 Å². The van der Waals surface area contributed by atoms with E-state index in [1.54, 1.807) is 0 Å². The van der Waals surface area contributed by atoms with Crippen LogP contribution in [0.1, 0.15) is 0 Å². The van der Waals surface area contributed by atoms with Gasteiger partial charge in [-0.15, -0.1) is 0 Å². The molecule has 0 amide bonds. The third-order valence-corrected chi connectivity index (χ3v) is 7.77. The molecular weight excluding hydrogens is 426 g/mol. The van der Waals surface area contributed by atoms with Crippen molar-refractivity contribution in [3.63, 3.8) is 0 Å². The summed E-state index contributed by atoms with van der Waals surface area (Å²) >= 11 is 0. The summed E-state index contributed by atoms with van der Waals surface area (Å²) in [6, 6.07) is 39.6. The molecule has 0 fully saturated rings. The standard InChI is InChI=1S/C32H19N3/c1-2-9-19(10-3-1)34-27-16-7-5-12-22(27)28-23-17-18-25-30-29-21(13-8-14-24(29)33-25)20-11-4-6-15-26(20)35(31(23)30)32(28)34/h1-18,33H. The molecule has 35 heavy (non-hydrogen) atoms. The second-order valence-corrected chi connectivity index (χ2v) is 9.48. The molecule has 0 aliphatic heterocycles. The van der Waals surface area contributed by atoms with Gasteiger partial charge in [-0.3, -0.25) is 8.97 Å². The van der Waals surface area contributed by atoms with Crippen molar-refractivity contribution in [1.82, 2.24) is 14.0 Å². The molecule has 0 unspecified atom stereocenters. The van der Waals surface area contributed by atoms with Crippen LogP contribution in [0.4, 0.5) is 0 Å². The lowest BCUT2D eigenvalue weighted by molar-refractivity contribution is 1.12. The quantitative estimate of drug-likeness (QED) is 0.262. The van der Waals surface area contributed by atoms with Gasteiger partial charge in [0.15, 0.2) is 0 Å². The summed E-state index contributed by atoms with van der Waals surface area (Å²) in [6.45, 7) is 0. The first-order valence-electron chi connectivity index (χ1n) is 12.1. The highest BCUT2D eigenvalue weighted by Crippen LogP contribution is 2.45. The Morgan fingerprint density at radius 1 is 0.457 bits per heavy atom. The molecule has 3 heteroatoms. The summed E-state index contributed by atoms with van der Waals surface area (Å²) in [5.74, 6) is 0. The fraction of sp³-hybridized carbons (Fsp3) is 0. The molecule has 0 spiro atoms. The Kier molecular flexibility index (Phi) is 3.04. The Labute approximate surface area is 199 Å². The van der Waals surface area contributed by atoms with E-state index in [0.717, 1.165) is 0 Å². The topological polar surface area (TPSA) is 25.1 Å². The largest absolute Gasteiger partial charge is 0.354 e. The molecule has 9 rings (SSSR count). The van der Waals surface area contributed by atoms with Crippen molar-refractivity contribution in [2.24, 2.45) is 0 Å². The van der Waals surface area contributed by atoms with Gasteiger partial charge in [-0.2, -0.15) is 0 Å².